The first-order valence-electron chi connectivity index (χ1n) is 4.50. The standard InChI is InChI=1S/C10H14F2N2/c1-6(2-3-13)7-4-8(11)10(12)9(14)5-7/h4-6H,2-3,13-14H2,1H3. The molecule has 0 amide bonds. The fraction of sp³-hybridized carbons (Fsp3) is 0.400. The Labute approximate surface area is 81.9 Å². The molecule has 4 heteroatoms. The summed E-state index contributed by atoms with van der Waals surface area (Å²) in [5.41, 5.74) is 11.2. The summed E-state index contributed by atoms with van der Waals surface area (Å²) in [7, 11) is 0. The second kappa shape index (κ2) is 4.37. The highest BCUT2D eigenvalue weighted by Gasteiger charge is 2.11. The van der Waals surface area contributed by atoms with Crippen LogP contribution in [0.4, 0.5) is 14.5 Å². The Morgan fingerprint density at radius 1 is 1.36 bits per heavy atom. The minimum absolute atomic E-state index is 0.0948. The third kappa shape index (κ3) is 2.20. The average molecular weight is 200 g/mol. The van der Waals surface area contributed by atoms with Crippen molar-refractivity contribution in [2.45, 2.75) is 19.3 Å². The van der Waals surface area contributed by atoms with E-state index in [0.29, 0.717) is 12.1 Å². The molecule has 1 atom stereocenters. The van der Waals surface area contributed by atoms with Crippen LogP contribution in [0, 0.1) is 11.6 Å². The van der Waals surface area contributed by atoms with Gasteiger partial charge in [0.15, 0.2) is 11.6 Å². The summed E-state index contributed by atoms with van der Waals surface area (Å²) in [6, 6.07) is 2.63. The van der Waals surface area contributed by atoms with Gasteiger partial charge in [-0.15, -0.1) is 0 Å². The van der Waals surface area contributed by atoms with E-state index >= 15 is 0 Å². The summed E-state index contributed by atoms with van der Waals surface area (Å²) < 4.78 is 25.8. The molecule has 14 heavy (non-hydrogen) atoms. The molecule has 1 rings (SSSR count). The van der Waals surface area contributed by atoms with E-state index in [1.54, 1.807) is 0 Å². The Balaban J connectivity index is 3.00. The monoisotopic (exact) mass is 200 g/mol. The summed E-state index contributed by atoms with van der Waals surface area (Å²) >= 11 is 0. The number of anilines is 1. The molecule has 0 aliphatic carbocycles. The summed E-state index contributed by atoms with van der Waals surface area (Å²) in [6.45, 7) is 2.42. The summed E-state index contributed by atoms with van der Waals surface area (Å²) in [5.74, 6) is -1.78. The lowest BCUT2D eigenvalue weighted by Crippen LogP contribution is -2.06. The molecule has 0 spiro atoms. The number of nitrogen functional groups attached to an aromatic ring is 1. The third-order valence-corrected chi connectivity index (χ3v) is 2.25. The Kier molecular flexibility index (Phi) is 3.41. The van der Waals surface area contributed by atoms with Crippen LogP contribution in [0.15, 0.2) is 12.1 Å². The first-order chi connectivity index (χ1) is 6.56. The number of halogens is 2. The Morgan fingerprint density at radius 3 is 2.50 bits per heavy atom. The smallest absolute Gasteiger partial charge is 0.181 e. The van der Waals surface area contributed by atoms with Gasteiger partial charge in [0, 0.05) is 0 Å². The number of rotatable bonds is 3. The summed E-state index contributed by atoms with van der Waals surface area (Å²) in [6.07, 6.45) is 0.727. The predicted octanol–water partition coefficient (Wildman–Crippen LogP) is 2.00. The lowest BCUT2D eigenvalue weighted by molar-refractivity contribution is 0.508. The van der Waals surface area contributed by atoms with Crippen LogP contribution in [0.3, 0.4) is 0 Å². The molecule has 0 aliphatic rings. The van der Waals surface area contributed by atoms with Gasteiger partial charge in [0.25, 0.3) is 0 Å². The highest BCUT2D eigenvalue weighted by Crippen LogP contribution is 2.24. The van der Waals surface area contributed by atoms with Gasteiger partial charge >= 0.3 is 0 Å². The first-order valence-corrected chi connectivity index (χ1v) is 4.50. The number of nitrogens with two attached hydrogens (primary N) is 2. The van der Waals surface area contributed by atoms with Crippen molar-refractivity contribution in [3.63, 3.8) is 0 Å². The Bertz CT molecular complexity index is 303. The number of hydrogen-bond acceptors (Lipinski definition) is 2. The quantitative estimate of drug-likeness (QED) is 0.733. The zero-order valence-electron chi connectivity index (χ0n) is 8.06. The average Bonchev–Trinajstić information content (AvgIpc) is 2.13. The molecule has 0 aliphatic heterocycles. The Morgan fingerprint density at radius 2 is 2.00 bits per heavy atom. The molecule has 0 bridgehead atoms. The lowest BCUT2D eigenvalue weighted by atomic mass is 9.97. The van der Waals surface area contributed by atoms with E-state index in [1.165, 1.54) is 12.1 Å². The molecule has 0 saturated heterocycles. The molecule has 0 fully saturated rings. The van der Waals surface area contributed by atoms with E-state index in [-0.39, 0.29) is 11.6 Å². The van der Waals surface area contributed by atoms with Gasteiger partial charge in [0.2, 0.25) is 0 Å². The van der Waals surface area contributed by atoms with Gasteiger partial charge in [-0.05, 0) is 36.6 Å². The second-order valence-electron chi connectivity index (χ2n) is 3.38. The second-order valence-corrected chi connectivity index (χ2v) is 3.38. The van der Waals surface area contributed by atoms with Gasteiger partial charge in [-0.25, -0.2) is 8.78 Å². The zero-order valence-corrected chi connectivity index (χ0v) is 8.06. The summed E-state index contributed by atoms with van der Waals surface area (Å²) in [5, 5.41) is 0. The van der Waals surface area contributed by atoms with E-state index in [4.69, 9.17) is 11.5 Å². The van der Waals surface area contributed by atoms with Crippen LogP contribution in [-0.2, 0) is 0 Å². The largest absolute Gasteiger partial charge is 0.396 e. The molecular weight excluding hydrogens is 186 g/mol. The van der Waals surface area contributed by atoms with Crippen molar-refractivity contribution < 1.29 is 8.78 Å². The van der Waals surface area contributed by atoms with E-state index in [1.807, 2.05) is 6.92 Å². The van der Waals surface area contributed by atoms with Gasteiger partial charge in [-0.3, -0.25) is 0 Å². The Hall–Kier alpha value is -1.16. The van der Waals surface area contributed by atoms with E-state index < -0.39 is 11.6 Å². The minimum atomic E-state index is -0.978. The normalized spacial score (nSPS) is 12.9. The number of benzene rings is 1. The molecule has 2 nitrogen and oxygen atoms in total. The van der Waals surface area contributed by atoms with Crippen LogP contribution in [0.25, 0.3) is 0 Å². The fourth-order valence-electron chi connectivity index (χ4n) is 1.33. The van der Waals surface area contributed by atoms with E-state index in [9.17, 15) is 8.78 Å². The van der Waals surface area contributed by atoms with Crippen molar-refractivity contribution in [1.82, 2.24) is 0 Å². The topological polar surface area (TPSA) is 52.0 Å². The predicted molar refractivity (Wildman–Crippen MR) is 52.9 cm³/mol. The molecule has 0 aromatic heterocycles. The van der Waals surface area contributed by atoms with Crippen molar-refractivity contribution in [3.8, 4) is 0 Å². The van der Waals surface area contributed by atoms with Crippen LogP contribution in [0.5, 0.6) is 0 Å². The highest BCUT2D eigenvalue weighted by atomic mass is 19.2. The van der Waals surface area contributed by atoms with E-state index in [0.717, 1.165) is 6.42 Å². The van der Waals surface area contributed by atoms with Crippen molar-refractivity contribution in [3.05, 3.63) is 29.3 Å². The van der Waals surface area contributed by atoms with Crippen LogP contribution in [-0.4, -0.2) is 6.54 Å². The zero-order chi connectivity index (χ0) is 10.7. The molecule has 1 aromatic carbocycles. The van der Waals surface area contributed by atoms with Crippen molar-refractivity contribution >= 4 is 5.69 Å². The van der Waals surface area contributed by atoms with Crippen LogP contribution >= 0.6 is 0 Å². The maximum atomic E-state index is 13.0. The van der Waals surface area contributed by atoms with Crippen LogP contribution < -0.4 is 11.5 Å². The minimum Gasteiger partial charge on any atom is -0.396 e. The van der Waals surface area contributed by atoms with Gasteiger partial charge in [0.05, 0.1) is 5.69 Å². The van der Waals surface area contributed by atoms with Gasteiger partial charge in [-0.2, -0.15) is 0 Å². The van der Waals surface area contributed by atoms with Crippen molar-refractivity contribution in [2.75, 3.05) is 12.3 Å². The van der Waals surface area contributed by atoms with Crippen LogP contribution in [0.1, 0.15) is 24.8 Å². The fourth-order valence-corrected chi connectivity index (χ4v) is 1.33. The van der Waals surface area contributed by atoms with Gasteiger partial charge in [-0.1, -0.05) is 6.92 Å². The molecule has 0 radical (unpaired) electrons. The maximum absolute atomic E-state index is 13.0. The lowest BCUT2D eigenvalue weighted by Gasteiger charge is -2.11. The van der Waals surface area contributed by atoms with Crippen LogP contribution in [0.2, 0.25) is 0 Å². The molecule has 0 saturated carbocycles. The van der Waals surface area contributed by atoms with E-state index in [2.05, 4.69) is 0 Å². The highest BCUT2D eigenvalue weighted by molar-refractivity contribution is 5.44. The molecule has 4 N–H and O–H groups in total. The SMILES string of the molecule is CC(CCN)c1cc(N)c(F)c(F)c1. The maximum Gasteiger partial charge on any atom is 0.181 e. The third-order valence-electron chi connectivity index (χ3n) is 2.25. The van der Waals surface area contributed by atoms with Gasteiger partial charge in [0.1, 0.15) is 0 Å². The molecular formula is C10H14F2N2. The molecule has 78 valence electrons. The molecule has 1 unspecified atom stereocenters. The van der Waals surface area contributed by atoms with Crippen molar-refractivity contribution in [2.24, 2.45) is 5.73 Å². The molecule has 1 aromatic rings. The van der Waals surface area contributed by atoms with Crippen molar-refractivity contribution in [1.29, 1.82) is 0 Å². The number of hydrogen-bond donors (Lipinski definition) is 2. The first kappa shape index (κ1) is 10.9. The van der Waals surface area contributed by atoms with Gasteiger partial charge < -0.3 is 11.5 Å². The molecule has 0 heterocycles. The summed E-state index contributed by atoms with van der Waals surface area (Å²) in [4.78, 5) is 0.